The summed E-state index contributed by atoms with van der Waals surface area (Å²) in [5, 5.41) is 6.16. The number of amides is 3. The number of nitrogens with zero attached hydrogens (tertiary/aromatic N) is 3. The summed E-state index contributed by atoms with van der Waals surface area (Å²) in [4.78, 5) is 31.4. The van der Waals surface area contributed by atoms with Crippen molar-refractivity contribution in [3.8, 4) is 16.9 Å². The predicted octanol–water partition coefficient (Wildman–Crippen LogP) is 6.79. The average Bonchev–Trinajstić information content (AvgIpc) is 3.09. The number of guanidine groups is 1. The summed E-state index contributed by atoms with van der Waals surface area (Å²) in [5.41, 5.74) is 16.4. The van der Waals surface area contributed by atoms with Crippen molar-refractivity contribution in [1.29, 1.82) is 0 Å². The van der Waals surface area contributed by atoms with Crippen molar-refractivity contribution in [3.05, 3.63) is 125 Å². The molecule has 0 spiro atoms. The van der Waals surface area contributed by atoms with Crippen molar-refractivity contribution in [3.63, 3.8) is 0 Å². The summed E-state index contributed by atoms with van der Waals surface area (Å²) >= 11 is 0. The molecule has 0 aliphatic heterocycles. The van der Waals surface area contributed by atoms with Crippen molar-refractivity contribution in [1.82, 2.24) is 5.32 Å². The van der Waals surface area contributed by atoms with E-state index in [4.69, 9.17) is 11.3 Å². The van der Waals surface area contributed by atoms with Crippen LogP contribution in [0.15, 0.2) is 113 Å². The van der Waals surface area contributed by atoms with Crippen LogP contribution < -0.4 is 26.2 Å². The fourth-order valence-electron chi connectivity index (χ4n) is 5.45. The second-order valence-electron chi connectivity index (χ2n) is 11.1. The van der Waals surface area contributed by atoms with Gasteiger partial charge in [0.1, 0.15) is 5.75 Å². The number of allylic oxidation sites excluding steroid dienone is 2. The molecule has 48 heavy (non-hydrogen) atoms. The molecule has 0 saturated carbocycles. The quantitative estimate of drug-likeness (QED) is 0.104. The molecule has 0 saturated heterocycles. The van der Waals surface area contributed by atoms with E-state index in [1.54, 1.807) is 59.5 Å². The number of aliphatic imine (C=N–C) groups is 1. The molecule has 0 radical (unpaired) electrons. The minimum absolute atomic E-state index is 0.0971. The molecule has 4 aromatic carbocycles. The molecule has 12 heteroatoms. The lowest BCUT2D eigenvalue weighted by molar-refractivity contribution is -0.274. The van der Waals surface area contributed by atoms with E-state index in [1.807, 2.05) is 24.3 Å². The maximum absolute atomic E-state index is 13.8. The zero-order valence-electron chi connectivity index (χ0n) is 25.9. The van der Waals surface area contributed by atoms with E-state index in [0.717, 1.165) is 30.4 Å². The van der Waals surface area contributed by atoms with Gasteiger partial charge in [-0.2, -0.15) is 4.99 Å². The Hall–Kier alpha value is -5.78. The molecule has 0 heterocycles. The van der Waals surface area contributed by atoms with Gasteiger partial charge in [-0.25, -0.2) is 4.79 Å². The summed E-state index contributed by atoms with van der Waals surface area (Å²) in [6.45, 7) is 0.268. The van der Waals surface area contributed by atoms with Crippen LogP contribution in [0.3, 0.4) is 0 Å². The fourth-order valence-corrected chi connectivity index (χ4v) is 5.45. The zero-order valence-corrected chi connectivity index (χ0v) is 25.9. The van der Waals surface area contributed by atoms with Gasteiger partial charge < -0.3 is 15.8 Å². The summed E-state index contributed by atoms with van der Waals surface area (Å²) in [6.07, 6.45) is 1.81. The number of hydrogen-bond acceptors (Lipinski definition) is 3. The standard InChI is InChI=1S/C36H33F3N6O3/c37-36(38,39)48-31-11-6-10-28(21-31)32-12-5-4-9-29(32)22-42-35(47)45(30-19-17-26(18-20-30)25-7-2-1-3-8-25)23-24-13-15-27(16-14-24)33(46)43-34(40)44-41/h4-7,9-21,41H,1-3,8,22-23H2,(H,42,47)(H2,40,43,46)/p+1. The van der Waals surface area contributed by atoms with Crippen molar-refractivity contribution in [2.75, 3.05) is 4.90 Å². The number of hydrogen-bond donors (Lipinski definition) is 3. The molecule has 5 rings (SSSR count). The van der Waals surface area contributed by atoms with Crippen LogP contribution in [-0.4, -0.2) is 24.3 Å². The van der Waals surface area contributed by atoms with E-state index in [9.17, 15) is 22.8 Å². The Morgan fingerprint density at radius 2 is 1.67 bits per heavy atom. The summed E-state index contributed by atoms with van der Waals surface area (Å²) < 4.78 is 42.7. The number of carbonyl (C=O) groups excluding carboxylic acids is 2. The van der Waals surface area contributed by atoms with Gasteiger partial charge in [-0.15, -0.1) is 18.7 Å². The van der Waals surface area contributed by atoms with E-state index in [-0.39, 0.29) is 30.4 Å². The number of nitrogens with one attached hydrogen (secondary N) is 1. The molecule has 3 amide bonds. The molecule has 0 fully saturated rings. The highest BCUT2D eigenvalue weighted by Crippen LogP contribution is 2.31. The van der Waals surface area contributed by atoms with Crippen LogP contribution in [0, 0.1) is 0 Å². The molecule has 9 nitrogen and oxygen atoms in total. The molecule has 0 atom stereocenters. The first kappa shape index (κ1) is 33.6. The molecule has 5 N–H and O–H groups in total. The highest BCUT2D eigenvalue weighted by atomic mass is 19.4. The van der Waals surface area contributed by atoms with Gasteiger partial charge in [-0.1, -0.05) is 66.7 Å². The molecule has 0 bridgehead atoms. The zero-order chi connectivity index (χ0) is 34.1. The molecule has 1 aliphatic carbocycles. The van der Waals surface area contributed by atoms with Crippen molar-refractivity contribution in [2.45, 2.75) is 45.1 Å². The number of nitrogens with two attached hydrogens (primary N) is 2. The minimum Gasteiger partial charge on any atom is -0.406 e. The Kier molecular flexibility index (Phi) is 10.6. The average molecular weight is 656 g/mol. The number of urea groups is 1. The second-order valence-corrected chi connectivity index (χ2v) is 11.1. The first-order chi connectivity index (χ1) is 23.1. The SMILES string of the molecule is NC(N=[NH2+])=NC(=O)c1ccc(CN(C(=O)NCc2ccccc2-c2cccc(OC(F)(F)F)c2)c2ccc(C3=CCCCC3)cc2)cc1. The third-order valence-electron chi connectivity index (χ3n) is 7.80. The fraction of sp³-hybridized carbons (Fsp3) is 0.194. The minimum atomic E-state index is -4.82. The Bertz CT molecular complexity index is 1840. The first-order valence-corrected chi connectivity index (χ1v) is 15.3. The Balaban J connectivity index is 1.38. The van der Waals surface area contributed by atoms with Gasteiger partial charge in [0.05, 0.1) is 6.54 Å². The molecular weight excluding hydrogens is 621 g/mol. The van der Waals surface area contributed by atoms with Gasteiger partial charge in [-0.3, -0.25) is 9.69 Å². The number of ether oxygens (including phenoxy) is 1. The highest BCUT2D eigenvalue weighted by Gasteiger charge is 2.31. The monoisotopic (exact) mass is 655 g/mol. The molecule has 1 aliphatic rings. The van der Waals surface area contributed by atoms with E-state index < -0.39 is 18.3 Å². The van der Waals surface area contributed by atoms with Crippen LogP contribution in [-0.2, 0) is 13.1 Å². The van der Waals surface area contributed by atoms with E-state index >= 15 is 0 Å². The lowest BCUT2D eigenvalue weighted by Gasteiger charge is -2.24. The Labute approximate surface area is 275 Å². The van der Waals surface area contributed by atoms with Crippen molar-refractivity contribution >= 4 is 29.2 Å². The van der Waals surface area contributed by atoms with Gasteiger partial charge in [-0.05, 0) is 95.5 Å². The number of halogens is 3. The van der Waals surface area contributed by atoms with Crippen LogP contribution in [0.5, 0.6) is 5.75 Å². The Morgan fingerprint density at radius 3 is 2.35 bits per heavy atom. The molecule has 4 aromatic rings. The molecule has 0 aromatic heterocycles. The van der Waals surface area contributed by atoms with E-state index in [0.29, 0.717) is 22.4 Å². The molecule has 0 unspecified atom stereocenters. The van der Waals surface area contributed by atoms with Gasteiger partial charge in [0.15, 0.2) is 0 Å². The van der Waals surface area contributed by atoms with Crippen LogP contribution >= 0.6 is 0 Å². The maximum atomic E-state index is 13.8. The smallest absolute Gasteiger partial charge is 0.406 e. The molecule has 246 valence electrons. The topological polar surface area (TPSA) is 135 Å². The second kappa shape index (κ2) is 15.2. The molecular formula is C36H34F3N6O3+. The van der Waals surface area contributed by atoms with Gasteiger partial charge in [0, 0.05) is 22.9 Å². The van der Waals surface area contributed by atoms with Crippen LogP contribution in [0.4, 0.5) is 23.7 Å². The Morgan fingerprint density at radius 1 is 0.917 bits per heavy atom. The maximum Gasteiger partial charge on any atom is 0.573 e. The van der Waals surface area contributed by atoms with Crippen molar-refractivity contribution < 1.29 is 33.0 Å². The summed E-state index contributed by atoms with van der Waals surface area (Å²) in [7, 11) is 0. The van der Waals surface area contributed by atoms with Gasteiger partial charge >= 0.3 is 12.4 Å². The van der Waals surface area contributed by atoms with E-state index in [2.05, 4.69) is 26.2 Å². The van der Waals surface area contributed by atoms with Gasteiger partial charge in [0.25, 0.3) is 11.9 Å². The van der Waals surface area contributed by atoms with Gasteiger partial charge in [0.2, 0.25) is 0 Å². The van der Waals surface area contributed by atoms with Crippen molar-refractivity contribution in [2.24, 2.45) is 15.8 Å². The first-order valence-electron chi connectivity index (χ1n) is 15.3. The summed E-state index contributed by atoms with van der Waals surface area (Å²) in [6, 6.07) is 26.8. The third-order valence-corrected chi connectivity index (χ3v) is 7.80. The van der Waals surface area contributed by atoms with Crippen LogP contribution in [0.1, 0.15) is 52.7 Å². The number of carbonyl (C=O) groups is 2. The third kappa shape index (κ3) is 8.93. The number of anilines is 1. The van der Waals surface area contributed by atoms with E-state index in [1.165, 1.54) is 30.2 Å². The lowest BCUT2D eigenvalue weighted by atomic mass is 9.93. The van der Waals surface area contributed by atoms with Crippen LogP contribution in [0.2, 0.25) is 0 Å². The highest BCUT2D eigenvalue weighted by molar-refractivity contribution is 6.02. The number of alkyl halides is 3. The lowest BCUT2D eigenvalue weighted by Crippen LogP contribution is -2.39. The van der Waals surface area contributed by atoms with Crippen LogP contribution in [0.25, 0.3) is 16.7 Å². The largest absolute Gasteiger partial charge is 0.573 e. The number of benzene rings is 4. The normalized spacial score (nSPS) is 13.3. The predicted molar refractivity (Wildman–Crippen MR) is 177 cm³/mol. The number of rotatable bonds is 9. The summed E-state index contributed by atoms with van der Waals surface area (Å²) in [5.74, 6) is -1.29.